The molecule has 1 aliphatic heterocycles. The fourth-order valence-electron chi connectivity index (χ4n) is 2.62. The van der Waals surface area contributed by atoms with E-state index in [4.69, 9.17) is 9.84 Å². The lowest BCUT2D eigenvalue weighted by Crippen LogP contribution is -2.30. The Labute approximate surface area is 163 Å². The fourth-order valence-corrected chi connectivity index (χ4v) is 3.50. The van der Waals surface area contributed by atoms with Crippen molar-refractivity contribution >= 4 is 34.6 Å². The SMILES string of the molecule is CCOC(=O)C1=C(C)NC(SCCC(=O)O)=N[C@@H]1c1ccc(N(C)C)cc1. The number of anilines is 1. The van der Waals surface area contributed by atoms with Gasteiger partial charge in [0.15, 0.2) is 5.17 Å². The minimum Gasteiger partial charge on any atom is -0.481 e. The number of hydrogen-bond donors (Lipinski definition) is 2. The normalized spacial score (nSPS) is 16.4. The van der Waals surface area contributed by atoms with E-state index in [9.17, 15) is 9.59 Å². The molecule has 2 N–H and O–H groups in total. The third kappa shape index (κ3) is 5.50. The van der Waals surface area contributed by atoms with Crippen LogP contribution in [0.5, 0.6) is 0 Å². The van der Waals surface area contributed by atoms with Crippen LogP contribution in [-0.4, -0.2) is 48.7 Å². The molecule has 0 aliphatic carbocycles. The highest BCUT2D eigenvalue weighted by Gasteiger charge is 2.30. The Morgan fingerprint density at radius 1 is 1.30 bits per heavy atom. The summed E-state index contributed by atoms with van der Waals surface area (Å²) < 4.78 is 5.21. The number of rotatable bonds is 7. The topological polar surface area (TPSA) is 91.2 Å². The molecule has 27 heavy (non-hydrogen) atoms. The number of amidine groups is 1. The van der Waals surface area contributed by atoms with E-state index in [0.29, 0.717) is 22.2 Å². The van der Waals surface area contributed by atoms with Crippen molar-refractivity contribution < 1.29 is 19.4 Å². The standard InChI is InChI=1S/C19H25N3O4S/c1-5-26-18(25)16-12(2)20-19(27-11-10-15(23)24)21-17(16)13-6-8-14(9-7-13)22(3)4/h6-9,17H,5,10-11H2,1-4H3,(H,20,21)(H,23,24)/t17-/m1/s1. The maximum atomic E-state index is 12.5. The van der Waals surface area contributed by atoms with Crippen LogP contribution in [-0.2, 0) is 14.3 Å². The van der Waals surface area contributed by atoms with Crippen LogP contribution in [0.3, 0.4) is 0 Å². The average Bonchev–Trinajstić information content (AvgIpc) is 2.61. The van der Waals surface area contributed by atoms with Gasteiger partial charge in [0.05, 0.1) is 18.6 Å². The molecule has 0 saturated carbocycles. The minimum absolute atomic E-state index is 0.0427. The number of ether oxygens (including phenoxy) is 1. The molecule has 2 rings (SSSR count). The summed E-state index contributed by atoms with van der Waals surface area (Å²) in [5.74, 6) is -0.855. The van der Waals surface area contributed by atoms with Crippen molar-refractivity contribution in [3.8, 4) is 0 Å². The molecule has 1 aliphatic rings. The minimum atomic E-state index is -0.853. The number of thioether (sulfide) groups is 1. The van der Waals surface area contributed by atoms with Crippen molar-refractivity contribution in [3.63, 3.8) is 0 Å². The molecule has 0 spiro atoms. The molecule has 7 nitrogen and oxygen atoms in total. The summed E-state index contributed by atoms with van der Waals surface area (Å²) in [6, 6.07) is 7.35. The van der Waals surface area contributed by atoms with Crippen molar-refractivity contribution in [1.82, 2.24) is 5.32 Å². The molecule has 1 heterocycles. The van der Waals surface area contributed by atoms with E-state index in [1.807, 2.05) is 43.3 Å². The zero-order valence-electron chi connectivity index (χ0n) is 16.0. The van der Waals surface area contributed by atoms with Crippen molar-refractivity contribution in [2.45, 2.75) is 26.3 Å². The summed E-state index contributed by atoms with van der Waals surface area (Å²) in [6.45, 7) is 3.85. The molecule has 0 amide bonds. The molecule has 0 unspecified atom stereocenters. The number of nitrogens with zero attached hydrogens (tertiary/aromatic N) is 2. The summed E-state index contributed by atoms with van der Waals surface area (Å²) in [6.07, 6.45) is 0.0427. The highest BCUT2D eigenvalue weighted by Crippen LogP contribution is 2.33. The summed E-state index contributed by atoms with van der Waals surface area (Å²) >= 11 is 1.33. The number of allylic oxidation sites excluding steroid dienone is 1. The van der Waals surface area contributed by atoms with Gasteiger partial charge in [0.25, 0.3) is 0 Å². The summed E-state index contributed by atoms with van der Waals surface area (Å²) in [4.78, 5) is 29.9. The summed E-state index contributed by atoms with van der Waals surface area (Å²) in [5, 5.41) is 12.5. The second-order valence-electron chi connectivity index (χ2n) is 6.20. The number of carboxylic acids is 1. The molecular weight excluding hydrogens is 366 g/mol. The number of aliphatic imine (C=N–C) groups is 1. The van der Waals surface area contributed by atoms with Crippen molar-refractivity contribution in [3.05, 3.63) is 41.1 Å². The van der Waals surface area contributed by atoms with E-state index in [2.05, 4.69) is 10.3 Å². The average molecular weight is 391 g/mol. The van der Waals surface area contributed by atoms with Crippen molar-refractivity contribution in [2.24, 2.45) is 4.99 Å². The van der Waals surface area contributed by atoms with Gasteiger partial charge in [-0.05, 0) is 31.5 Å². The van der Waals surface area contributed by atoms with Gasteiger partial charge in [-0.15, -0.1) is 0 Å². The zero-order valence-corrected chi connectivity index (χ0v) is 16.8. The second-order valence-corrected chi connectivity index (χ2v) is 7.28. The second kappa shape index (κ2) is 9.45. The molecule has 0 saturated heterocycles. The maximum Gasteiger partial charge on any atom is 0.338 e. The Hall–Kier alpha value is -2.48. The molecular formula is C19H25N3O4S. The van der Waals surface area contributed by atoms with Crippen LogP contribution in [0.1, 0.15) is 31.9 Å². The molecule has 8 heteroatoms. The smallest absolute Gasteiger partial charge is 0.338 e. The molecule has 0 radical (unpaired) electrons. The highest BCUT2D eigenvalue weighted by atomic mass is 32.2. The van der Waals surface area contributed by atoms with E-state index >= 15 is 0 Å². The van der Waals surface area contributed by atoms with Gasteiger partial charge in [0, 0.05) is 31.2 Å². The predicted molar refractivity (Wildman–Crippen MR) is 108 cm³/mol. The van der Waals surface area contributed by atoms with Crippen LogP contribution >= 0.6 is 11.8 Å². The van der Waals surface area contributed by atoms with E-state index < -0.39 is 18.0 Å². The van der Waals surface area contributed by atoms with Gasteiger partial charge >= 0.3 is 11.9 Å². The van der Waals surface area contributed by atoms with Crippen LogP contribution in [0.4, 0.5) is 5.69 Å². The third-order valence-corrected chi connectivity index (χ3v) is 4.88. The van der Waals surface area contributed by atoms with Gasteiger partial charge in [-0.1, -0.05) is 23.9 Å². The van der Waals surface area contributed by atoms with Crippen LogP contribution in [0, 0.1) is 0 Å². The Balaban J connectivity index is 2.33. The van der Waals surface area contributed by atoms with Gasteiger partial charge in [0.1, 0.15) is 6.04 Å². The van der Waals surface area contributed by atoms with Gasteiger partial charge in [-0.25, -0.2) is 9.79 Å². The lowest BCUT2D eigenvalue weighted by Gasteiger charge is -2.26. The molecule has 146 valence electrons. The largest absolute Gasteiger partial charge is 0.481 e. The number of nitrogens with one attached hydrogen (secondary N) is 1. The molecule has 0 bridgehead atoms. The van der Waals surface area contributed by atoms with Gasteiger partial charge < -0.3 is 20.1 Å². The molecule has 0 aromatic heterocycles. The Bertz CT molecular complexity index is 757. The number of carbonyl (C=O) groups is 2. The number of carboxylic acid groups (broad SMARTS) is 1. The van der Waals surface area contributed by atoms with Crippen LogP contribution in [0.2, 0.25) is 0 Å². The maximum absolute atomic E-state index is 12.5. The lowest BCUT2D eigenvalue weighted by molar-refractivity contribution is -0.139. The first-order valence-electron chi connectivity index (χ1n) is 8.68. The first-order chi connectivity index (χ1) is 12.8. The summed E-state index contributed by atoms with van der Waals surface area (Å²) in [7, 11) is 3.92. The van der Waals surface area contributed by atoms with Gasteiger partial charge in [-0.3, -0.25) is 4.79 Å². The highest BCUT2D eigenvalue weighted by molar-refractivity contribution is 8.13. The molecule has 1 atom stereocenters. The number of hydrogen-bond acceptors (Lipinski definition) is 7. The Morgan fingerprint density at radius 3 is 2.52 bits per heavy atom. The Kier molecular flexibility index (Phi) is 7.29. The zero-order chi connectivity index (χ0) is 20.0. The first-order valence-corrected chi connectivity index (χ1v) is 9.66. The van der Waals surface area contributed by atoms with Crippen LogP contribution in [0.25, 0.3) is 0 Å². The Morgan fingerprint density at radius 2 is 1.96 bits per heavy atom. The van der Waals surface area contributed by atoms with E-state index in [0.717, 1.165) is 11.3 Å². The molecule has 1 aromatic rings. The lowest BCUT2D eigenvalue weighted by atomic mass is 9.96. The molecule has 0 fully saturated rings. The quantitative estimate of drug-likeness (QED) is 0.691. The number of carbonyl (C=O) groups excluding carboxylic acids is 1. The van der Waals surface area contributed by atoms with Crippen LogP contribution < -0.4 is 10.2 Å². The molecule has 1 aromatic carbocycles. The number of benzene rings is 1. The van der Waals surface area contributed by atoms with Gasteiger partial charge in [-0.2, -0.15) is 0 Å². The van der Waals surface area contributed by atoms with Crippen molar-refractivity contribution in [1.29, 1.82) is 0 Å². The van der Waals surface area contributed by atoms with E-state index in [1.54, 1.807) is 13.8 Å². The van der Waals surface area contributed by atoms with E-state index in [1.165, 1.54) is 11.8 Å². The van der Waals surface area contributed by atoms with E-state index in [-0.39, 0.29) is 13.0 Å². The van der Waals surface area contributed by atoms with Crippen molar-refractivity contribution in [2.75, 3.05) is 31.4 Å². The fraction of sp³-hybridized carbons (Fsp3) is 0.421. The predicted octanol–water partition coefficient (Wildman–Crippen LogP) is 2.80. The van der Waals surface area contributed by atoms with Crippen LogP contribution in [0.15, 0.2) is 40.5 Å². The van der Waals surface area contributed by atoms with Gasteiger partial charge in [0.2, 0.25) is 0 Å². The third-order valence-electron chi connectivity index (χ3n) is 3.99. The number of aliphatic carboxylic acids is 1. The number of esters is 1. The monoisotopic (exact) mass is 391 g/mol. The summed E-state index contributed by atoms with van der Waals surface area (Å²) in [5.41, 5.74) is 3.06. The first kappa shape index (κ1) is 20.8.